The molecule has 6 aromatic rings. The molecule has 0 aliphatic heterocycles. The zero-order valence-corrected chi connectivity index (χ0v) is 14.4. The van der Waals surface area contributed by atoms with Crippen LogP contribution in [-0.4, -0.2) is 0 Å². The van der Waals surface area contributed by atoms with Crippen molar-refractivity contribution in [2.24, 2.45) is 0 Å². The highest BCUT2D eigenvalue weighted by Crippen LogP contribution is 2.51. The molecule has 7 rings (SSSR count). The Balaban J connectivity index is 1.97. The first-order valence-corrected chi connectivity index (χ1v) is 9.24. The van der Waals surface area contributed by atoms with Gasteiger partial charge in [-0.2, -0.15) is 0 Å². The second-order valence-electron chi connectivity index (χ2n) is 7.45. The molecule has 0 saturated carbocycles. The molecule has 1 aliphatic rings. The van der Waals surface area contributed by atoms with Gasteiger partial charge in [0.1, 0.15) is 5.82 Å². The first-order valence-electron chi connectivity index (χ1n) is 9.24. The molecule has 124 valence electrons. The number of fused-ring (bicyclic) bond motifs is 6. The van der Waals surface area contributed by atoms with Gasteiger partial charge in [0.25, 0.3) is 0 Å². The molecule has 0 bridgehead atoms. The monoisotopic (exact) mass is 344 g/mol. The third-order valence-electron chi connectivity index (χ3n) is 6.21. The van der Waals surface area contributed by atoms with Crippen LogP contribution >= 0.6 is 0 Å². The van der Waals surface area contributed by atoms with Crippen molar-refractivity contribution in [2.45, 2.75) is 0 Å². The molecule has 0 unspecified atom stereocenters. The molecule has 0 radical (unpaired) electrons. The Morgan fingerprint density at radius 2 is 1.15 bits per heavy atom. The van der Waals surface area contributed by atoms with E-state index >= 15 is 4.39 Å². The fraction of sp³-hybridized carbons (Fsp3) is 0. The quantitative estimate of drug-likeness (QED) is 0.249. The minimum Gasteiger partial charge on any atom is -0.206 e. The summed E-state index contributed by atoms with van der Waals surface area (Å²) in [7, 11) is 0. The predicted octanol–water partition coefficient (Wildman–Crippen LogP) is 7.57. The van der Waals surface area contributed by atoms with Gasteiger partial charge in [-0.1, -0.05) is 72.8 Å². The van der Waals surface area contributed by atoms with E-state index in [9.17, 15) is 0 Å². The third kappa shape index (κ3) is 1.47. The van der Waals surface area contributed by atoms with Gasteiger partial charge in [0.05, 0.1) is 0 Å². The van der Waals surface area contributed by atoms with Crippen LogP contribution in [0.15, 0.2) is 78.9 Å². The molecule has 1 aliphatic carbocycles. The Morgan fingerprint density at radius 1 is 0.407 bits per heavy atom. The lowest BCUT2D eigenvalue weighted by molar-refractivity contribution is 0.641. The average molecular weight is 344 g/mol. The van der Waals surface area contributed by atoms with E-state index in [0.717, 1.165) is 37.9 Å². The van der Waals surface area contributed by atoms with E-state index in [1.807, 2.05) is 18.2 Å². The fourth-order valence-electron chi connectivity index (χ4n) is 5.16. The number of benzene rings is 6. The standard InChI is InChI=1S/C26H13F/c27-21-13-12-20-17-7-3-5-15-9-11-19-18-10-8-14-4-1-2-6-16(14)23(18)26(21)25(20)24(19)22(15)17/h1-13H. The highest BCUT2D eigenvalue weighted by atomic mass is 19.1. The normalized spacial score (nSPS) is 12.6. The first-order chi connectivity index (χ1) is 13.3. The Kier molecular flexibility index (Phi) is 2.26. The van der Waals surface area contributed by atoms with E-state index < -0.39 is 0 Å². The van der Waals surface area contributed by atoms with Gasteiger partial charge in [-0.25, -0.2) is 4.39 Å². The first kappa shape index (κ1) is 13.7. The lowest BCUT2D eigenvalue weighted by Crippen LogP contribution is -1.87. The Morgan fingerprint density at radius 3 is 2.07 bits per heavy atom. The molecule has 0 aromatic heterocycles. The zero-order valence-electron chi connectivity index (χ0n) is 14.4. The molecule has 0 nitrogen and oxygen atoms in total. The smallest absolute Gasteiger partial charge is 0.131 e. The highest BCUT2D eigenvalue weighted by molar-refractivity contribution is 6.42. The maximum absolute atomic E-state index is 15.3. The average Bonchev–Trinajstić information content (AvgIpc) is 3.05. The molecule has 0 N–H and O–H groups in total. The van der Waals surface area contributed by atoms with E-state index in [-0.39, 0.29) is 5.82 Å². The minimum absolute atomic E-state index is 0.137. The van der Waals surface area contributed by atoms with Crippen LogP contribution in [0, 0.1) is 5.82 Å². The Hall–Kier alpha value is -3.45. The summed E-state index contributed by atoms with van der Waals surface area (Å²) in [6.45, 7) is 0. The van der Waals surface area contributed by atoms with E-state index in [1.54, 1.807) is 6.07 Å². The van der Waals surface area contributed by atoms with Crippen molar-refractivity contribution in [1.29, 1.82) is 0 Å². The second-order valence-corrected chi connectivity index (χ2v) is 7.45. The third-order valence-corrected chi connectivity index (χ3v) is 6.21. The van der Waals surface area contributed by atoms with E-state index in [1.165, 1.54) is 27.1 Å². The van der Waals surface area contributed by atoms with Crippen LogP contribution in [0.25, 0.3) is 65.0 Å². The molecular formula is C26H13F. The summed E-state index contributed by atoms with van der Waals surface area (Å²) in [5.41, 5.74) is 2.37. The van der Waals surface area contributed by atoms with Crippen LogP contribution in [-0.2, 0) is 0 Å². The zero-order chi connectivity index (χ0) is 17.7. The topological polar surface area (TPSA) is 0 Å². The van der Waals surface area contributed by atoms with Crippen molar-refractivity contribution >= 4 is 53.9 Å². The van der Waals surface area contributed by atoms with Crippen molar-refractivity contribution < 1.29 is 4.39 Å². The van der Waals surface area contributed by atoms with Crippen LogP contribution in [0.4, 0.5) is 4.39 Å². The Bertz CT molecular complexity index is 1620. The van der Waals surface area contributed by atoms with Gasteiger partial charge < -0.3 is 0 Å². The van der Waals surface area contributed by atoms with Crippen molar-refractivity contribution in [3.63, 3.8) is 0 Å². The van der Waals surface area contributed by atoms with Crippen LogP contribution in [0.1, 0.15) is 0 Å². The molecule has 0 fully saturated rings. The molecule has 0 heterocycles. The molecule has 1 heteroatoms. The highest BCUT2D eigenvalue weighted by Gasteiger charge is 2.24. The second kappa shape index (κ2) is 4.44. The van der Waals surface area contributed by atoms with E-state index in [0.29, 0.717) is 0 Å². The fourth-order valence-corrected chi connectivity index (χ4v) is 5.16. The number of hydrogen-bond donors (Lipinski definition) is 0. The van der Waals surface area contributed by atoms with Crippen LogP contribution in [0.3, 0.4) is 0 Å². The largest absolute Gasteiger partial charge is 0.206 e. The summed E-state index contributed by atoms with van der Waals surface area (Å²) in [4.78, 5) is 0. The summed E-state index contributed by atoms with van der Waals surface area (Å²) in [5.74, 6) is -0.137. The maximum Gasteiger partial charge on any atom is 0.131 e. The summed E-state index contributed by atoms with van der Waals surface area (Å²) in [5, 5.41) is 11.2. The van der Waals surface area contributed by atoms with Crippen LogP contribution < -0.4 is 0 Å². The lowest BCUT2D eigenvalue weighted by atomic mass is 9.90. The van der Waals surface area contributed by atoms with Gasteiger partial charge in [0, 0.05) is 16.2 Å². The molecule has 0 spiro atoms. The van der Waals surface area contributed by atoms with Crippen molar-refractivity contribution in [3.05, 3.63) is 84.7 Å². The maximum atomic E-state index is 15.3. The number of hydrogen-bond acceptors (Lipinski definition) is 0. The van der Waals surface area contributed by atoms with Crippen LogP contribution in [0.2, 0.25) is 0 Å². The van der Waals surface area contributed by atoms with Gasteiger partial charge >= 0.3 is 0 Å². The number of rotatable bonds is 0. The predicted molar refractivity (Wildman–Crippen MR) is 113 cm³/mol. The van der Waals surface area contributed by atoms with E-state index in [4.69, 9.17) is 0 Å². The molecule has 27 heavy (non-hydrogen) atoms. The summed E-state index contributed by atoms with van der Waals surface area (Å²) in [6.07, 6.45) is 0. The van der Waals surface area contributed by atoms with Crippen molar-refractivity contribution in [3.8, 4) is 11.1 Å². The molecular weight excluding hydrogens is 331 g/mol. The van der Waals surface area contributed by atoms with Gasteiger partial charge in [0.2, 0.25) is 0 Å². The summed E-state index contributed by atoms with van der Waals surface area (Å²) < 4.78 is 15.3. The molecule has 0 saturated heterocycles. The SMILES string of the molecule is Fc1ccc2c3c1c1c4ccccc4ccc1c1ccc4cccc-2c4c13. The molecule has 0 amide bonds. The Labute approximate surface area is 154 Å². The van der Waals surface area contributed by atoms with Gasteiger partial charge in [-0.05, 0) is 54.9 Å². The van der Waals surface area contributed by atoms with Gasteiger partial charge in [-0.15, -0.1) is 0 Å². The van der Waals surface area contributed by atoms with Gasteiger partial charge in [0.15, 0.2) is 0 Å². The lowest BCUT2D eigenvalue weighted by Gasteiger charge is -2.13. The number of halogens is 1. The molecule has 0 atom stereocenters. The minimum atomic E-state index is -0.137. The van der Waals surface area contributed by atoms with E-state index in [2.05, 4.69) is 54.6 Å². The van der Waals surface area contributed by atoms with Gasteiger partial charge in [-0.3, -0.25) is 0 Å². The van der Waals surface area contributed by atoms with Crippen molar-refractivity contribution in [2.75, 3.05) is 0 Å². The molecule has 6 aromatic carbocycles. The van der Waals surface area contributed by atoms with Crippen molar-refractivity contribution in [1.82, 2.24) is 0 Å². The van der Waals surface area contributed by atoms with Crippen LogP contribution in [0.5, 0.6) is 0 Å². The summed E-state index contributed by atoms with van der Waals surface area (Å²) in [6, 6.07) is 27.0. The summed E-state index contributed by atoms with van der Waals surface area (Å²) >= 11 is 0.